The van der Waals surface area contributed by atoms with E-state index in [9.17, 15) is 8.42 Å². The molecule has 0 unspecified atom stereocenters. The molecule has 0 heterocycles. The molecule has 0 bridgehead atoms. The van der Waals surface area contributed by atoms with Crippen LogP contribution in [0, 0.1) is 10.7 Å². The topological polar surface area (TPSA) is 134 Å². The zero-order valence-corrected chi connectivity index (χ0v) is 6.82. The number of nitrogens with two attached hydrogens (primary N) is 2. The number of rotatable bonds is 3. The van der Waals surface area contributed by atoms with Gasteiger partial charge in [0.15, 0.2) is 5.40 Å². The molecule has 0 aromatic heterocycles. The van der Waals surface area contributed by atoms with Crippen LogP contribution in [-0.4, -0.2) is 14.4 Å². The van der Waals surface area contributed by atoms with Gasteiger partial charge in [-0.25, -0.2) is 0 Å². The van der Waals surface area contributed by atoms with E-state index in [1.165, 1.54) is 5.40 Å². The molecule has 7 nitrogen and oxygen atoms in total. The number of nitrogens with zero attached hydrogens (tertiary/aromatic N) is 2. The summed E-state index contributed by atoms with van der Waals surface area (Å²) >= 11 is 0. The minimum absolute atomic E-state index is 0.0240. The van der Waals surface area contributed by atoms with E-state index in [1.807, 2.05) is 0 Å². The number of nitriles is 1. The third-order valence-corrected chi connectivity index (χ3v) is 2.15. The summed E-state index contributed by atoms with van der Waals surface area (Å²) in [5, 5.41) is 12.3. The fraction of sp³-hybridized carbons (Fsp3) is 0. The second-order valence-electron chi connectivity index (χ2n) is 1.26. The lowest BCUT2D eigenvalue weighted by molar-refractivity contribution is 0.600. The highest BCUT2D eigenvalue weighted by atomic mass is 33.1. The first-order valence-electron chi connectivity index (χ1n) is 2.16. The van der Waals surface area contributed by atoms with Crippen molar-refractivity contribution in [3.05, 3.63) is 0 Å². The van der Waals surface area contributed by atoms with Crippen molar-refractivity contribution >= 4 is 25.8 Å². The monoisotopic (exact) mass is 195 g/mol. The molecular formula is C2H5N5O2S2. The van der Waals surface area contributed by atoms with Crippen molar-refractivity contribution in [2.24, 2.45) is 16.6 Å². The van der Waals surface area contributed by atoms with E-state index < -0.39 is 15.0 Å². The normalized spacial score (nSPS) is 9.73. The van der Waals surface area contributed by atoms with Gasteiger partial charge in [-0.2, -0.15) is 18.5 Å². The van der Waals surface area contributed by atoms with Crippen LogP contribution in [0.4, 0.5) is 0 Å². The van der Waals surface area contributed by atoms with Crippen LogP contribution in [-0.2, 0) is 9.06 Å². The number of hydrazone groups is 1. The summed E-state index contributed by atoms with van der Waals surface area (Å²) in [6.45, 7) is 0. The summed E-state index contributed by atoms with van der Waals surface area (Å²) in [6.07, 6.45) is 0. The molecule has 0 spiro atoms. The largest absolute Gasteiger partial charge is 0.369 e. The SMILES string of the molecule is N#CSS(=O)(=O)NN=C(N)N. The van der Waals surface area contributed by atoms with Gasteiger partial charge in [0.2, 0.25) is 5.96 Å². The van der Waals surface area contributed by atoms with Crippen molar-refractivity contribution in [2.75, 3.05) is 0 Å². The first-order chi connectivity index (χ1) is 4.98. The zero-order valence-electron chi connectivity index (χ0n) is 5.18. The van der Waals surface area contributed by atoms with Crippen LogP contribution >= 0.6 is 10.8 Å². The van der Waals surface area contributed by atoms with Gasteiger partial charge < -0.3 is 11.5 Å². The highest BCUT2D eigenvalue weighted by Gasteiger charge is 2.07. The Morgan fingerprint density at radius 3 is 2.55 bits per heavy atom. The lowest BCUT2D eigenvalue weighted by Gasteiger charge is -1.95. The minimum atomic E-state index is -3.77. The number of nitrogens with one attached hydrogen (secondary N) is 1. The average molecular weight is 195 g/mol. The van der Waals surface area contributed by atoms with E-state index >= 15 is 0 Å². The predicted molar refractivity (Wildman–Crippen MR) is 41.1 cm³/mol. The van der Waals surface area contributed by atoms with Crippen LogP contribution in [0.25, 0.3) is 0 Å². The van der Waals surface area contributed by atoms with Gasteiger partial charge in [0.05, 0.1) is 0 Å². The number of hydrogen-bond donors (Lipinski definition) is 3. The smallest absolute Gasteiger partial charge is 0.315 e. The summed E-state index contributed by atoms with van der Waals surface area (Å²) in [7, 11) is -3.74. The van der Waals surface area contributed by atoms with Crippen LogP contribution in [0.5, 0.6) is 0 Å². The summed E-state index contributed by atoms with van der Waals surface area (Å²) < 4.78 is 21.1. The number of hydrogen-bond acceptors (Lipinski definition) is 5. The third-order valence-electron chi connectivity index (χ3n) is 0.434. The molecule has 9 heteroatoms. The van der Waals surface area contributed by atoms with Crippen LogP contribution in [0.3, 0.4) is 0 Å². The van der Waals surface area contributed by atoms with Gasteiger partial charge >= 0.3 is 9.06 Å². The fourth-order valence-electron chi connectivity index (χ4n) is 0.176. The molecule has 0 aromatic carbocycles. The first kappa shape index (κ1) is 9.86. The van der Waals surface area contributed by atoms with Gasteiger partial charge in [0.25, 0.3) is 0 Å². The Kier molecular flexibility index (Phi) is 3.49. The molecule has 5 N–H and O–H groups in total. The molecule has 0 atom stereocenters. The lowest BCUT2D eigenvalue weighted by Crippen LogP contribution is -2.27. The van der Waals surface area contributed by atoms with Crippen molar-refractivity contribution in [1.82, 2.24) is 4.83 Å². The van der Waals surface area contributed by atoms with Crippen LogP contribution in [0.15, 0.2) is 5.10 Å². The highest BCUT2D eigenvalue weighted by Crippen LogP contribution is 2.05. The molecular weight excluding hydrogens is 190 g/mol. The van der Waals surface area contributed by atoms with Gasteiger partial charge in [-0.15, -0.1) is 5.10 Å². The molecule has 0 fully saturated rings. The molecule has 0 aliphatic rings. The van der Waals surface area contributed by atoms with E-state index in [2.05, 4.69) is 5.10 Å². The Labute approximate surface area is 66.9 Å². The van der Waals surface area contributed by atoms with Gasteiger partial charge in [-0.1, -0.05) is 0 Å². The first-order valence-corrected chi connectivity index (χ1v) is 4.97. The molecule has 0 saturated carbocycles. The Bertz CT molecular complexity index is 282. The lowest BCUT2D eigenvalue weighted by atomic mass is 11.1. The summed E-state index contributed by atoms with van der Waals surface area (Å²) in [5.41, 5.74) is 9.61. The molecule has 0 amide bonds. The van der Waals surface area contributed by atoms with Crippen molar-refractivity contribution in [3.63, 3.8) is 0 Å². The Balaban J connectivity index is 4.19. The maximum absolute atomic E-state index is 10.5. The zero-order chi connectivity index (χ0) is 8.91. The minimum Gasteiger partial charge on any atom is -0.369 e. The van der Waals surface area contributed by atoms with Gasteiger partial charge in [0.1, 0.15) is 10.8 Å². The third kappa shape index (κ3) is 5.31. The molecule has 0 aliphatic carbocycles. The summed E-state index contributed by atoms with van der Waals surface area (Å²) in [6, 6.07) is 0. The van der Waals surface area contributed by atoms with E-state index in [4.69, 9.17) is 16.7 Å². The van der Waals surface area contributed by atoms with Gasteiger partial charge in [-0.3, -0.25) is 0 Å². The maximum atomic E-state index is 10.5. The van der Waals surface area contributed by atoms with Crippen LogP contribution < -0.4 is 16.3 Å². The second kappa shape index (κ2) is 3.89. The van der Waals surface area contributed by atoms with Crippen LogP contribution in [0.2, 0.25) is 0 Å². The quantitative estimate of drug-likeness (QED) is 0.160. The number of guanidine groups is 1. The van der Waals surface area contributed by atoms with Gasteiger partial charge in [0, 0.05) is 0 Å². The Morgan fingerprint density at radius 2 is 2.18 bits per heavy atom. The Morgan fingerprint density at radius 1 is 1.64 bits per heavy atom. The number of thiocyanates is 1. The van der Waals surface area contributed by atoms with Crippen LogP contribution in [0.1, 0.15) is 0 Å². The summed E-state index contributed by atoms with van der Waals surface area (Å²) in [4.78, 5) is 1.61. The molecule has 62 valence electrons. The molecule has 0 aromatic rings. The maximum Gasteiger partial charge on any atom is 0.315 e. The molecule has 0 rings (SSSR count). The molecule has 0 aliphatic heterocycles. The second-order valence-corrected chi connectivity index (χ2v) is 4.51. The molecule has 0 radical (unpaired) electrons. The van der Waals surface area contributed by atoms with E-state index in [1.54, 1.807) is 4.83 Å². The van der Waals surface area contributed by atoms with Crippen molar-refractivity contribution < 1.29 is 8.42 Å². The highest BCUT2D eigenvalue weighted by molar-refractivity contribution is 8.73. The fourth-order valence-corrected chi connectivity index (χ4v) is 1.05. The average Bonchev–Trinajstić information content (AvgIpc) is 1.84. The predicted octanol–water partition coefficient (Wildman–Crippen LogP) is -1.78. The standard InChI is InChI=1S/C2H5N5O2S2/c3-1-10-11(8,9)7-6-2(4)5/h7H,(H4,4,5,6). The van der Waals surface area contributed by atoms with E-state index in [0.29, 0.717) is 0 Å². The van der Waals surface area contributed by atoms with Crippen molar-refractivity contribution in [1.29, 1.82) is 5.26 Å². The van der Waals surface area contributed by atoms with Crippen molar-refractivity contribution in [3.8, 4) is 5.40 Å². The summed E-state index contributed by atoms with van der Waals surface area (Å²) in [5.74, 6) is -0.424. The Hall–Kier alpha value is -1.14. The van der Waals surface area contributed by atoms with E-state index in [-0.39, 0.29) is 10.8 Å². The van der Waals surface area contributed by atoms with Gasteiger partial charge in [-0.05, 0) is 0 Å². The van der Waals surface area contributed by atoms with E-state index in [0.717, 1.165) is 0 Å². The molecule has 0 saturated heterocycles. The molecule has 11 heavy (non-hydrogen) atoms. The van der Waals surface area contributed by atoms with Crippen molar-refractivity contribution in [2.45, 2.75) is 0 Å².